The minimum absolute atomic E-state index is 0.812. The van der Waals surface area contributed by atoms with Crippen molar-refractivity contribution in [3.05, 3.63) is 59.5 Å². The Bertz CT molecular complexity index is 702. The molecule has 3 heteroatoms. The van der Waals surface area contributed by atoms with Gasteiger partial charge in [-0.15, -0.1) is 11.3 Å². The molecule has 2 N–H and O–H groups in total. The Hall–Kier alpha value is -2.13. The van der Waals surface area contributed by atoms with E-state index >= 15 is 0 Å². The molecule has 0 aliphatic heterocycles. The zero-order valence-corrected chi connectivity index (χ0v) is 11.4. The average molecular weight is 266 g/mol. The third-order valence-electron chi connectivity index (χ3n) is 3.10. The van der Waals surface area contributed by atoms with E-state index in [0.29, 0.717) is 0 Å². The maximum Gasteiger partial charge on any atom is 0.124 e. The minimum Gasteiger partial charge on any atom is -0.398 e. The lowest BCUT2D eigenvalue weighted by atomic mass is 10.1. The zero-order valence-electron chi connectivity index (χ0n) is 10.6. The lowest BCUT2D eigenvalue weighted by molar-refractivity contribution is 1.39. The summed E-state index contributed by atoms with van der Waals surface area (Å²) in [6.45, 7) is 2.01. The molecular weight excluding hydrogens is 252 g/mol. The second-order valence-corrected chi connectivity index (χ2v) is 5.33. The smallest absolute Gasteiger partial charge is 0.124 e. The number of hydrogen-bond acceptors (Lipinski definition) is 3. The quantitative estimate of drug-likeness (QED) is 0.700. The van der Waals surface area contributed by atoms with E-state index in [9.17, 15) is 0 Å². The molecule has 0 aliphatic rings. The van der Waals surface area contributed by atoms with E-state index < -0.39 is 0 Å². The summed E-state index contributed by atoms with van der Waals surface area (Å²) in [6, 6.07) is 16.3. The highest BCUT2D eigenvalue weighted by atomic mass is 32.1. The van der Waals surface area contributed by atoms with E-state index in [2.05, 4.69) is 28.6 Å². The van der Waals surface area contributed by atoms with Gasteiger partial charge in [-0.1, -0.05) is 42.5 Å². The average Bonchev–Trinajstić information content (AvgIpc) is 2.93. The molecule has 0 fully saturated rings. The summed E-state index contributed by atoms with van der Waals surface area (Å²) in [4.78, 5) is 4.68. The van der Waals surface area contributed by atoms with Gasteiger partial charge in [-0.3, -0.25) is 0 Å². The summed E-state index contributed by atoms with van der Waals surface area (Å²) in [5, 5.41) is 3.11. The molecule has 0 aliphatic carbocycles. The van der Waals surface area contributed by atoms with Crippen molar-refractivity contribution in [2.24, 2.45) is 0 Å². The van der Waals surface area contributed by atoms with Crippen LogP contribution in [0.3, 0.4) is 0 Å². The van der Waals surface area contributed by atoms with Crippen LogP contribution in [0.25, 0.3) is 21.8 Å². The predicted octanol–water partition coefficient (Wildman–Crippen LogP) is 4.37. The number of nitrogens with two attached hydrogens (primary N) is 1. The van der Waals surface area contributed by atoms with Crippen molar-refractivity contribution in [1.82, 2.24) is 4.98 Å². The lowest BCUT2D eigenvalue weighted by Gasteiger charge is -2.02. The van der Waals surface area contributed by atoms with Crippen LogP contribution >= 0.6 is 11.3 Å². The molecule has 0 saturated heterocycles. The third kappa shape index (κ3) is 2.37. The Morgan fingerprint density at radius 3 is 2.53 bits per heavy atom. The summed E-state index contributed by atoms with van der Waals surface area (Å²) in [7, 11) is 0. The van der Waals surface area contributed by atoms with E-state index in [4.69, 9.17) is 5.73 Å². The Labute approximate surface area is 116 Å². The first kappa shape index (κ1) is 11.9. The lowest BCUT2D eigenvalue weighted by Crippen LogP contribution is -1.90. The van der Waals surface area contributed by atoms with Crippen LogP contribution in [0.4, 0.5) is 5.69 Å². The molecule has 0 saturated carbocycles. The number of aryl methyl sites for hydroxylation is 1. The van der Waals surface area contributed by atoms with Gasteiger partial charge in [0.1, 0.15) is 5.01 Å². The highest BCUT2D eigenvalue weighted by Crippen LogP contribution is 2.30. The molecule has 0 bridgehead atoms. The van der Waals surface area contributed by atoms with Crippen molar-refractivity contribution < 1.29 is 0 Å². The number of thiazole rings is 1. The molecule has 19 heavy (non-hydrogen) atoms. The van der Waals surface area contributed by atoms with Gasteiger partial charge in [0.2, 0.25) is 0 Å². The van der Waals surface area contributed by atoms with Crippen LogP contribution in [-0.2, 0) is 0 Å². The fraction of sp³-hybridized carbons (Fsp3) is 0.0625. The molecule has 0 radical (unpaired) electrons. The van der Waals surface area contributed by atoms with Gasteiger partial charge in [0.05, 0.1) is 5.69 Å². The monoisotopic (exact) mass is 266 g/mol. The minimum atomic E-state index is 0.812. The molecule has 0 amide bonds. The Kier molecular flexibility index (Phi) is 3.05. The number of hydrogen-bond donors (Lipinski definition) is 1. The molecule has 2 aromatic carbocycles. The molecule has 94 valence electrons. The molecule has 0 atom stereocenters. The van der Waals surface area contributed by atoms with E-state index in [-0.39, 0.29) is 0 Å². The van der Waals surface area contributed by atoms with Crippen molar-refractivity contribution >= 4 is 17.0 Å². The summed E-state index contributed by atoms with van der Waals surface area (Å²) >= 11 is 1.66. The van der Waals surface area contributed by atoms with Gasteiger partial charge in [-0.2, -0.15) is 0 Å². The van der Waals surface area contributed by atoms with Gasteiger partial charge < -0.3 is 5.73 Å². The van der Waals surface area contributed by atoms with Crippen LogP contribution in [0, 0.1) is 6.92 Å². The maximum absolute atomic E-state index is 5.95. The van der Waals surface area contributed by atoms with Gasteiger partial charge in [-0.25, -0.2) is 4.98 Å². The molecule has 1 aromatic heterocycles. The molecule has 0 unspecified atom stereocenters. The van der Waals surface area contributed by atoms with E-state index in [1.807, 2.05) is 37.3 Å². The summed E-state index contributed by atoms with van der Waals surface area (Å²) < 4.78 is 0. The molecule has 3 aromatic rings. The number of anilines is 1. The van der Waals surface area contributed by atoms with Crippen molar-refractivity contribution in [2.45, 2.75) is 6.92 Å². The topological polar surface area (TPSA) is 38.9 Å². The first-order valence-corrected chi connectivity index (χ1v) is 6.99. The number of rotatable bonds is 2. The van der Waals surface area contributed by atoms with Crippen molar-refractivity contribution in [2.75, 3.05) is 5.73 Å². The van der Waals surface area contributed by atoms with E-state index in [1.165, 1.54) is 0 Å². The Morgan fingerprint density at radius 1 is 1.00 bits per heavy atom. The number of aromatic nitrogens is 1. The second-order valence-electron chi connectivity index (χ2n) is 4.48. The number of benzene rings is 2. The third-order valence-corrected chi connectivity index (χ3v) is 3.99. The van der Waals surface area contributed by atoms with Crippen molar-refractivity contribution in [3.8, 4) is 21.8 Å². The second kappa shape index (κ2) is 4.86. The highest BCUT2D eigenvalue weighted by molar-refractivity contribution is 7.13. The van der Waals surface area contributed by atoms with E-state index in [1.54, 1.807) is 11.3 Å². The van der Waals surface area contributed by atoms with Crippen LogP contribution in [0.15, 0.2) is 53.9 Å². The van der Waals surface area contributed by atoms with Gasteiger partial charge in [-0.05, 0) is 18.6 Å². The normalized spacial score (nSPS) is 10.6. The van der Waals surface area contributed by atoms with Crippen molar-refractivity contribution in [1.29, 1.82) is 0 Å². The summed E-state index contributed by atoms with van der Waals surface area (Å²) in [5.41, 5.74) is 11.1. The van der Waals surface area contributed by atoms with Gasteiger partial charge >= 0.3 is 0 Å². The Balaban J connectivity index is 1.99. The van der Waals surface area contributed by atoms with Crippen LogP contribution in [-0.4, -0.2) is 4.98 Å². The first-order valence-electron chi connectivity index (χ1n) is 6.11. The predicted molar refractivity (Wildman–Crippen MR) is 82.1 cm³/mol. The number of nitrogen functional groups attached to an aromatic ring is 1. The fourth-order valence-electron chi connectivity index (χ4n) is 1.92. The molecular formula is C16H14N2S. The van der Waals surface area contributed by atoms with Crippen LogP contribution < -0.4 is 5.73 Å². The fourth-order valence-corrected chi connectivity index (χ4v) is 2.75. The Morgan fingerprint density at radius 2 is 1.79 bits per heavy atom. The molecule has 0 spiro atoms. The molecule has 1 heterocycles. The summed E-state index contributed by atoms with van der Waals surface area (Å²) in [5.74, 6) is 0. The van der Waals surface area contributed by atoms with Gasteiger partial charge in [0.15, 0.2) is 0 Å². The maximum atomic E-state index is 5.95. The standard InChI is InChI=1S/C16H14N2S/c1-11-7-8-13(9-14(11)17)15-10-19-16(18-15)12-5-3-2-4-6-12/h2-10H,17H2,1H3. The zero-order chi connectivity index (χ0) is 13.2. The SMILES string of the molecule is Cc1ccc(-c2csc(-c3ccccc3)n2)cc1N. The van der Waals surface area contributed by atoms with Crippen molar-refractivity contribution in [3.63, 3.8) is 0 Å². The largest absolute Gasteiger partial charge is 0.398 e. The van der Waals surface area contributed by atoms with Crippen LogP contribution in [0.1, 0.15) is 5.56 Å². The van der Waals surface area contributed by atoms with Gasteiger partial charge in [0.25, 0.3) is 0 Å². The van der Waals surface area contributed by atoms with E-state index in [0.717, 1.165) is 33.1 Å². The van der Waals surface area contributed by atoms with Gasteiger partial charge in [0, 0.05) is 22.2 Å². The summed E-state index contributed by atoms with van der Waals surface area (Å²) in [6.07, 6.45) is 0. The molecule has 3 rings (SSSR count). The molecule has 2 nitrogen and oxygen atoms in total. The van der Waals surface area contributed by atoms with Crippen LogP contribution in [0.2, 0.25) is 0 Å². The number of nitrogens with zero attached hydrogens (tertiary/aromatic N) is 1. The first-order chi connectivity index (χ1) is 9.24. The highest BCUT2D eigenvalue weighted by Gasteiger charge is 2.07. The van der Waals surface area contributed by atoms with Crippen LogP contribution in [0.5, 0.6) is 0 Å².